The van der Waals surface area contributed by atoms with E-state index in [1.54, 1.807) is 13.8 Å². The van der Waals surface area contributed by atoms with E-state index in [-0.39, 0.29) is 17.6 Å². The van der Waals surface area contributed by atoms with Gasteiger partial charge in [-0.25, -0.2) is 27.5 Å². The summed E-state index contributed by atoms with van der Waals surface area (Å²) in [6, 6.07) is -0.185. The van der Waals surface area contributed by atoms with E-state index in [1.165, 1.54) is 0 Å². The molecule has 1 aromatic heterocycles. The molecule has 0 unspecified atom stereocenters. The minimum Gasteiger partial charge on any atom is -0.237 e. The molecule has 1 N–H and O–H groups in total. The lowest BCUT2D eigenvalue weighted by molar-refractivity contribution is 0.566. The minimum atomic E-state index is -3.44. The number of nitrogens with one attached hydrogen (secondary N) is 1. The Labute approximate surface area is 87.8 Å². The lowest BCUT2D eigenvalue weighted by atomic mass is 10.4. The first-order valence-electron chi connectivity index (χ1n) is 4.35. The SMILES string of the molecule is CC(C)NS(=O)(=O)Cc1ncc(F)cn1. The summed E-state index contributed by atoms with van der Waals surface area (Å²) in [4.78, 5) is 7.13. The second-order valence-electron chi connectivity index (χ2n) is 3.35. The molecule has 0 radical (unpaired) electrons. The molecule has 0 aliphatic heterocycles. The van der Waals surface area contributed by atoms with Crippen LogP contribution in [0.25, 0.3) is 0 Å². The van der Waals surface area contributed by atoms with Crippen molar-refractivity contribution < 1.29 is 12.8 Å². The fraction of sp³-hybridized carbons (Fsp3) is 0.500. The molecule has 0 spiro atoms. The molecule has 84 valence electrons. The van der Waals surface area contributed by atoms with Crippen molar-refractivity contribution in [2.75, 3.05) is 0 Å². The van der Waals surface area contributed by atoms with E-state index in [0.29, 0.717) is 0 Å². The highest BCUT2D eigenvalue weighted by atomic mass is 32.2. The van der Waals surface area contributed by atoms with E-state index in [4.69, 9.17) is 0 Å². The third kappa shape index (κ3) is 4.30. The molecule has 0 amide bonds. The average molecular weight is 233 g/mol. The van der Waals surface area contributed by atoms with Crippen LogP contribution in [0, 0.1) is 5.82 Å². The maximum Gasteiger partial charge on any atom is 0.219 e. The van der Waals surface area contributed by atoms with Crippen LogP contribution in [0.2, 0.25) is 0 Å². The topological polar surface area (TPSA) is 72.0 Å². The summed E-state index contributed by atoms with van der Waals surface area (Å²) in [5, 5.41) is 0. The zero-order chi connectivity index (χ0) is 11.5. The van der Waals surface area contributed by atoms with Gasteiger partial charge in [-0.15, -0.1) is 0 Å². The summed E-state index contributed by atoms with van der Waals surface area (Å²) in [7, 11) is -3.44. The van der Waals surface area contributed by atoms with Crippen molar-refractivity contribution in [1.82, 2.24) is 14.7 Å². The minimum absolute atomic E-state index is 0.0737. The van der Waals surface area contributed by atoms with Crippen molar-refractivity contribution in [3.63, 3.8) is 0 Å². The van der Waals surface area contributed by atoms with Gasteiger partial charge < -0.3 is 0 Å². The molecule has 0 saturated heterocycles. The molecule has 7 heteroatoms. The van der Waals surface area contributed by atoms with Crippen LogP contribution in [0.4, 0.5) is 4.39 Å². The van der Waals surface area contributed by atoms with Crippen LogP contribution in [-0.4, -0.2) is 24.4 Å². The van der Waals surface area contributed by atoms with Crippen molar-refractivity contribution in [1.29, 1.82) is 0 Å². The number of halogens is 1. The summed E-state index contributed by atoms with van der Waals surface area (Å²) in [5.74, 6) is -0.858. The first-order chi connectivity index (χ1) is 6.89. The van der Waals surface area contributed by atoms with Gasteiger partial charge in [-0.1, -0.05) is 0 Å². The van der Waals surface area contributed by atoms with Gasteiger partial charge in [0, 0.05) is 6.04 Å². The maximum absolute atomic E-state index is 12.4. The lowest BCUT2D eigenvalue weighted by Gasteiger charge is -2.08. The lowest BCUT2D eigenvalue weighted by Crippen LogP contribution is -2.31. The van der Waals surface area contributed by atoms with Crippen molar-refractivity contribution in [3.8, 4) is 0 Å². The van der Waals surface area contributed by atoms with E-state index in [1.807, 2.05) is 0 Å². The fourth-order valence-electron chi connectivity index (χ4n) is 0.984. The number of hydrogen-bond acceptors (Lipinski definition) is 4. The summed E-state index contributed by atoms with van der Waals surface area (Å²) in [6.07, 6.45) is 1.88. The van der Waals surface area contributed by atoms with Gasteiger partial charge in [0.15, 0.2) is 5.82 Å². The van der Waals surface area contributed by atoms with Gasteiger partial charge in [0.2, 0.25) is 10.0 Å². The summed E-state index contributed by atoms with van der Waals surface area (Å²) in [5.41, 5.74) is 0. The van der Waals surface area contributed by atoms with Gasteiger partial charge in [-0.3, -0.25) is 0 Å². The van der Waals surface area contributed by atoms with Crippen molar-refractivity contribution >= 4 is 10.0 Å². The second kappa shape index (κ2) is 4.63. The normalized spacial score (nSPS) is 12.0. The highest BCUT2D eigenvalue weighted by molar-refractivity contribution is 7.88. The van der Waals surface area contributed by atoms with E-state index < -0.39 is 15.8 Å². The Morgan fingerprint density at radius 1 is 1.40 bits per heavy atom. The molecule has 0 saturated carbocycles. The predicted molar refractivity (Wildman–Crippen MR) is 52.9 cm³/mol. The third-order valence-electron chi connectivity index (χ3n) is 1.41. The smallest absolute Gasteiger partial charge is 0.219 e. The van der Waals surface area contributed by atoms with Gasteiger partial charge in [-0.2, -0.15) is 0 Å². The molecule has 0 bridgehead atoms. The van der Waals surface area contributed by atoms with Gasteiger partial charge >= 0.3 is 0 Å². The number of sulfonamides is 1. The van der Waals surface area contributed by atoms with E-state index in [0.717, 1.165) is 12.4 Å². The Morgan fingerprint density at radius 3 is 2.40 bits per heavy atom. The van der Waals surface area contributed by atoms with Crippen LogP contribution in [-0.2, 0) is 15.8 Å². The number of rotatable bonds is 4. The second-order valence-corrected chi connectivity index (χ2v) is 5.10. The molecular weight excluding hydrogens is 221 g/mol. The highest BCUT2D eigenvalue weighted by Gasteiger charge is 2.14. The van der Waals surface area contributed by atoms with E-state index in [2.05, 4.69) is 14.7 Å². The number of nitrogens with zero attached hydrogens (tertiary/aromatic N) is 2. The summed E-state index contributed by atoms with van der Waals surface area (Å²) >= 11 is 0. The van der Waals surface area contributed by atoms with Gasteiger partial charge in [-0.05, 0) is 13.8 Å². The van der Waals surface area contributed by atoms with Crippen LogP contribution in [0.3, 0.4) is 0 Å². The highest BCUT2D eigenvalue weighted by Crippen LogP contribution is 1.99. The molecule has 1 aromatic rings. The molecule has 15 heavy (non-hydrogen) atoms. The Balaban J connectivity index is 2.73. The fourth-order valence-corrected chi connectivity index (χ4v) is 2.27. The molecule has 0 aliphatic rings. The largest absolute Gasteiger partial charge is 0.237 e. The third-order valence-corrected chi connectivity index (χ3v) is 2.88. The molecule has 0 aromatic carbocycles. The van der Waals surface area contributed by atoms with Gasteiger partial charge in [0.25, 0.3) is 0 Å². The van der Waals surface area contributed by atoms with Crippen molar-refractivity contribution in [2.45, 2.75) is 25.6 Å². The van der Waals surface area contributed by atoms with Crippen LogP contribution in [0.1, 0.15) is 19.7 Å². The Morgan fingerprint density at radius 2 is 1.93 bits per heavy atom. The Bertz CT molecular complexity index is 416. The number of aromatic nitrogens is 2. The Hall–Kier alpha value is -1.08. The molecule has 5 nitrogen and oxygen atoms in total. The van der Waals surface area contributed by atoms with Crippen LogP contribution < -0.4 is 4.72 Å². The van der Waals surface area contributed by atoms with Gasteiger partial charge in [0.1, 0.15) is 11.6 Å². The van der Waals surface area contributed by atoms with Crippen LogP contribution >= 0.6 is 0 Å². The molecular formula is C8H12FN3O2S. The van der Waals surface area contributed by atoms with Gasteiger partial charge in [0.05, 0.1) is 12.4 Å². The zero-order valence-electron chi connectivity index (χ0n) is 8.44. The molecule has 0 atom stereocenters. The average Bonchev–Trinajstić information content (AvgIpc) is 2.06. The maximum atomic E-state index is 12.4. The van der Waals surface area contributed by atoms with E-state index in [9.17, 15) is 12.8 Å². The van der Waals surface area contributed by atoms with Crippen LogP contribution in [0.5, 0.6) is 0 Å². The van der Waals surface area contributed by atoms with Crippen LogP contribution in [0.15, 0.2) is 12.4 Å². The van der Waals surface area contributed by atoms with Crippen molar-refractivity contribution in [3.05, 3.63) is 24.0 Å². The standard InChI is InChI=1S/C8H12FN3O2S/c1-6(2)12-15(13,14)5-8-10-3-7(9)4-11-8/h3-4,6,12H,5H2,1-2H3. The predicted octanol–water partition coefficient (Wildman–Crippen LogP) is 0.443. The molecule has 1 heterocycles. The first-order valence-corrected chi connectivity index (χ1v) is 6.01. The zero-order valence-corrected chi connectivity index (χ0v) is 9.25. The molecule has 1 rings (SSSR count). The quantitative estimate of drug-likeness (QED) is 0.819. The number of hydrogen-bond donors (Lipinski definition) is 1. The summed E-state index contributed by atoms with van der Waals surface area (Å²) < 4.78 is 37.6. The van der Waals surface area contributed by atoms with E-state index >= 15 is 0 Å². The summed E-state index contributed by atoms with van der Waals surface area (Å²) in [6.45, 7) is 3.42. The molecule has 0 aliphatic carbocycles. The first kappa shape index (κ1) is 12.0. The Kier molecular flexibility index (Phi) is 3.70. The molecule has 0 fully saturated rings. The monoisotopic (exact) mass is 233 g/mol. The van der Waals surface area contributed by atoms with Crippen molar-refractivity contribution in [2.24, 2.45) is 0 Å².